The molecule has 2 aromatic carbocycles. The van der Waals surface area contributed by atoms with Gasteiger partial charge < -0.3 is 31.1 Å². The molecule has 47 heavy (non-hydrogen) atoms. The highest BCUT2D eigenvalue weighted by atomic mass is 35.5. The number of hydrogen-bond acceptors (Lipinski definition) is 5. The van der Waals surface area contributed by atoms with Crippen LogP contribution in [-0.2, 0) is 27.2 Å². The molecular formula is C35H48Cl2N6O4. The number of nitrogens with two attached hydrogens (primary N) is 1. The number of benzene rings is 2. The van der Waals surface area contributed by atoms with Crippen molar-refractivity contribution in [3.63, 3.8) is 0 Å². The second kappa shape index (κ2) is 17.7. The number of urea groups is 1. The molecule has 12 heteroatoms. The maximum atomic E-state index is 14.3. The predicted octanol–water partition coefficient (Wildman–Crippen LogP) is 4.27. The topological polar surface area (TPSA) is 128 Å². The van der Waals surface area contributed by atoms with E-state index in [1.165, 1.54) is 0 Å². The number of nitrogens with one attached hydrogen (secondary N) is 2. The molecule has 5 amide bonds. The van der Waals surface area contributed by atoms with Crippen molar-refractivity contribution in [2.24, 2.45) is 11.1 Å². The van der Waals surface area contributed by atoms with Crippen LogP contribution in [0.15, 0.2) is 48.5 Å². The lowest BCUT2D eigenvalue weighted by atomic mass is 9.74. The van der Waals surface area contributed by atoms with Crippen molar-refractivity contribution >= 4 is 47.0 Å². The fourth-order valence-electron chi connectivity index (χ4n) is 6.54. The third-order valence-electron chi connectivity index (χ3n) is 9.13. The Bertz CT molecular complexity index is 1370. The first-order valence-electron chi connectivity index (χ1n) is 16.7. The normalized spacial score (nSPS) is 18.9. The number of amides is 5. The average molecular weight is 688 g/mol. The molecule has 2 atom stereocenters. The number of unbranched alkanes of at least 4 members (excludes halogenated alkanes) is 2. The van der Waals surface area contributed by atoms with Gasteiger partial charge in [0, 0.05) is 58.7 Å². The summed E-state index contributed by atoms with van der Waals surface area (Å²) in [5.74, 6) is -0.235. The molecule has 2 aliphatic heterocycles. The maximum absolute atomic E-state index is 14.3. The van der Waals surface area contributed by atoms with E-state index in [0.29, 0.717) is 81.5 Å². The molecule has 4 rings (SSSR count). The van der Waals surface area contributed by atoms with Gasteiger partial charge in [0.2, 0.25) is 17.7 Å². The van der Waals surface area contributed by atoms with Crippen molar-refractivity contribution < 1.29 is 19.2 Å². The summed E-state index contributed by atoms with van der Waals surface area (Å²) in [5, 5.41) is 6.76. The Kier molecular flexibility index (Phi) is 13.8. The molecule has 0 aliphatic carbocycles. The van der Waals surface area contributed by atoms with Crippen molar-refractivity contribution in [2.75, 3.05) is 52.4 Å². The van der Waals surface area contributed by atoms with Crippen LogP contribution in [0.2, 0.25) is 10.0 Å². The molecule has 2 aromatic rings. The summed E-state index contributed by atoms with van der Waals surface area (Å²) in [6.07, 6.45) is 5.12. The Morgan fingerprint density at radius 2 is 1.60 bits per heavy atom. The molecule has 0 saturated carbocycles. The molecule has 2 heterocycles. The number of carbonyl (C=O) groups is 4. The molecule has 2 aliphatic rings. The van der Waals surface area contributed by atoms with E-state index < -0.39 is 11.5 Å². The number of likely N-dealkylation sites (tertiary alicyclic amines) is 1. The highest BCUT2D eigenvalue weighted by molar-refractivity contribution is 6.42. The van der Waals surface area contributed by atoms with Crippen molar-refractivity contribution in [3.05, 3.63) is 69.7 Å². The summed E-state index contributed by atoms with van der Waals surface area (Å²) in [5.41, 5.74) is 6.54. The SMILES string of the molecule is CCNC(=O)[C@]1(Cc2ccccc2)CCCN(C(=O)C(Cc2ccc(Cl)c(Cl)c2)NC(=O)N2CCN(C(=O)CCCCCN)CC2)C1. The molecule has 10 nitrogen and oxygen atoms in total. The van der Waals surface area contributed by atoms with Gasteiger partial charge in [0.15, 0.2) is 0 Å². The molecule has 256 valence electrons. The van der Waals surface area contributed by atoms with Crippen molar-refractivity contribution in [1.82, 2.24) is 25.3 Å². The fraction of sp³-hybridized carbons (Fsp3) is 0.543. The summed E-state index contributed by atoms with van der Waals surface area (Å²) in [6.45, 7) is 5.35. The number of hydrogen-bond donors (Lipinski definition) is 3. The second-order valence-electron chi connectivity index (χ2n) is 12.6. The number of piperidine rings is 1. The number of halogens is 2. The predicted molar refractivity (Wildman–Crippen MR) is 185 cm³/mol. The quantitative estimate of drug-likeness (QED) is 0.271. The molecule has 4 N–H and O–H groups in total. The van der Waals surface area contributed by atoms with E-state index in [1.54, 1.807) is 32.9 Å². The van der Waals surface area contributed by atoms with Crippen LogP contribution >= 0.6 is 23.2 Å². The van der Waals surface area contributed by atoms with E-state index in [2.05, 4.69) is 10.6 Å². The van der Waals surface area contributed by atoms with Crippen molar-refractivity contribution in [1.29, 1.82) is 0 Å². The zero-order chi connectivity index (χ0) is 33.8. The van der Waals surface area contributed by atoms with E-state index in [0.717, 1.165) is 30.4 Å². The lowest BCUT2D eigenvalue weighted by Crippen LogP contribution is -2.60. The standard InChI is InChI=1S/C35H48Cl2N6O4/c1-2-39-33(46)35(24-26-10-5-3-6-11-26)15-9-17-43(25-35)32(45)30(23-27-13-14-28(36)29(37)22-27)40-34(47)42-20-18-41(19-21-42)31(44)12-7-4-8-16-38/h3,5-6,10-11,13-14,22,30H,2,4,7-9,12,15-21,23-25,38H2,1H3,(H,39,46)(H,40,47)/t30?,35-/m0/s1. The second-order valence-corrected chi connectivity index (χ2v) is 13.4. The van der Waals surface area contributed by atoms with E-state index in [1.807, 2.05) is 37.3 Å². The van der Waals surface area contributed by atoms with E-state index in [-0.39, 0.29) is 36.7 Å². The van der Waals surface area contributed by atoms with Gasteiger partial charge in [0.1, 0.15) is 6.04 Å². The molecule has 0 bridgehead atoms. The minimum atomic E-state index is -0.899. The minimum Gasteiger partial charge on any atom is -0.356 e. The summed E-state index contributed by atoms with van der Waals surface area (Å²) in [7, 11) is 0. The highest BCUT2D eigenvalue weighted by Gasteiger charge is 2.44. The Morgan fingerprint density at radius 1 is 0.872 bits per heavy atom. The third kappa shape index (κ3) is 10.1. The summed E-state index contributed by atoms with van der Waals surface area (Å²) >= 11 is 12.5. The molecule has 0 spiro atoms. The van der Waals surface area contributed by atoms with Gasteiger partial charge in [-0.05, 0) is 68.8 Å². The lowest BCUT2D eigenvalue weighted by Gasteiger charge is -2.43. The molecule has 0 aromatic heterocycles. The first-order chi connectivity index (χ1) is 22.7. The molecule has 2 saturated heterocycles. The zero-order valence-electron chi connectivity index (χ0n) is 27.3. The summed E-state index contributed by atoms with van der Waals surface area (Å²) in [4.78, 5) is 59.4. The number of carbonyl (C=O) groups excluding carboxylic acids is 4. The van der Waals surface area contributed by atoms with Gasteiger partial charge in [-0.25, -0.2) is 4.79 Å². The van der Waals surface area contributed by atoms with Crippen LogP contribution in [0.25, 0.3) is 0 Å². The maximum Gasteiger partial charge on any atom is 0.318 e. The first kappa shape index (κ1) is 36.5. The lowest BCUT2D eigenvalue weighted by molar-refractivity contribution is -0.142. The Hall–Kier alpha value is -3.34. The van der Waals surface area contributed by atoms with E-state index >= 15 is 0 Å². The molecule has 0 radical (unpaired) electrons. The van der Waals surface area contributed by atoms with Gasteiger partial charge in [0.05, 0.1) is 15.5 Å². The van der Waals surface area contributed by atoms with Gasteiger partial charge in [-0.3, -0.25) is 14.4 Å². The van der Waals surface area contributed by atoms with Crippen LogP contribution in [0.4, 0.5) is 4.79 Å². The van der Waals surface area contributed by atoms with Gasteiger partial charge >= 0.3 is 6.03 Å². The van der Waals surface area contributed by atoms with Gasteiger partial charge in [-0.1, -0.05) is 66.0 Å². The largest absolute Gasteiger partial charge is 0.356 e. The smallest absolute Gasteiger partial charge is 0.318 e. The molecule has 1 unspecified atom stereocenters. The monoisotopic (exact) mass is 686 g/mol. The number of piperazine rings is 1. The van der Waals surface area contributed by atoms with Crippen LogP contribution < -0.4 is 16.4 Å². The van der Waals surface area contributed by atoms with Crippen LogP contribution in [0.1, 0.15) is 56.6 Å². The van der Waals surface area contributed by atoms with Gasteiger partial charge in [0.25, 0.3) is 0 Å². The summed E-state index contributed by atoms with van der Waals surface area (Å²) in [6, 6.07) is 13.8. The van der Waals surface area contributed by atoms with Crippen molar-refractivity contribution in [2.45, 2.75) is 64.3 Å². The van der Waals surface area contributed by atoms with E-state index in [9.17, 15) is 19.2 Å². The first-order valence-corrected chi connectivity index (χ1v) is 17.5. The molecule has 2 fully saturated rings. The zero-order valence-corrected chi connectivity index (χ0v) is 28.8. The average Bonchev–Trinajstić information content (AvgIpc) is 3.08. The van der Waals surface area contributed by atoms with Gasteiger partial charge in [-0.2, -0.15) is 0 Å². The van der Waals surface area contributed by atoms with Crippen LogP contribution in [0.5, 0.6) is 0 Å². The van der Waals surface area contributed by atoms with Crippen LogP contribution in [-0.4, -0.2) is 96.9 Å². The molecular weight excluding hydrogens is 639 g/mol. The third-order valence-corrected chi connectivity index (χ3v) is 9.87. The minimum absolute atomic E-state index is 0.0711. The van der Waals surface area contributed by atoms with E-state index in [4.69, 9.17) is 28.9 Å². The fourth-order valence-corrected chi connectivity index (χ4v) is 6.86. The number of nitrogens with zero attached hydrogens (tertiary/aromatic N) is 3. The van der Waals surface area contributed by atoms with Gasteiger partial charge in [-0.15, -0.1) is 0 Å². The summed E-state index contributed by atoms with van der Waals surface area (Å²) < 4.78 is 0. The van der Waals surface area contributed by atoms with Crippen LogP contribution in [0.3, 0.4) is 0 Å². The Morgan fingerprint density at radius 3 is 2.28 bits per heavy atom. The number of rotatable bonds is 13. The highest BCUT2D eigenvalue weighted by Crippen LogP contribution is 2.35. The Balaban J connectivity index is 1.49. The van der Waals surface area contributed by atoms with Crippen LogP contribution in [0, 0.1) is 5.41 Å². The van der Waals surface area contributed by atoms with Crippen molar-refractivity contribution in [3.8, 4) is 0 Å². The Labute approximate surface area is 288 Å².